The molecule has 2 saturated heterocycles. The summed E-state index contributed by atoms with van der Waals surface area (Å²) in [5.74, 6) is -0.0905. The number of H-pyrrole nitrogens is 1. The van der Waals surface area contributed by atoms with Crippen molar-refractivity contribution < 1.29 is 42.0 Å². The van der Waals surface area contributed by atoms with Crippen molar-refractivity contribution in [1.29, 1.82) is 0 Å². The van der Waals surface area contributed by atoms with E-state index in [0.29, 0.717) is 11.3 Å². The summed E-state index contributed by atoms with van der Waals surface area (Å²) >= 11 is 9.01. The summed E-state index contributed by atoms with van der Waals surface area (Å²) in [6.07, 6.45) is -4.86. The van der Waals surface area contributed by atoms with Crippen molar-refractivity contribution in [3.05, 3.63) is 34.9 Å². The van der Waals surface area contributed by atoms with Gasteiger partial charge in [0.05, 0.1) is 31.4 Å². The molecular formula is C20H24FN10O9P2S2+. The number of anilines is 2. The van der Waals surface area contributed by atoms with Crippen LogP contribution in [0.15, 0.2) is 23.6 Å². The molecule has 2 fully saturated rings. The SMILES string of the molecule is Nc1nc2c(ncn2C2OC(CO)C(F)C2OP(O)(=S)OCC2OC(c3cnc4c(N)ncnn34)CC2O[P+](=O)S)c(=O)[nH]1. The quantitative estimate of drug-likeness (QED) is 0.0948. The molecule has 0 bridgehead atoms. The summed E-state index contributed by atoms with van der Waals surface area (Å²) in [7, 11) is -2.37. The van der Waals surface area contributed by atoms with Gasteiger partial charge in [-0.15, -0.1) is 4.52 Å². The Bertz CT molecular complexity index is 1830. The molecule has 44 heavy (non-hydrogen) atoms. The Balaban J connectivity index is 1.20. The number of rotatable bonds is 10. The van der Waals surface area contributed by atoms with Gasteiger partial charge in [0, 0.05) is 6.42 Å². The molecule has 4 aromatic rings. The van der Waals surface area contributed by atoms with Crippen molar-refractivity contribution >= 4 is 66.6 Å². The Hall–Kier alpha value is -2.75. The van der Waals surface area contributed by atoms with E-state index in [9.17, 15) is 19.4 Å². The predicted octanol–water partition coefficient (Wildman–Crippen LogP) is 0.0707. The van der Waals surface area contributed by atoms with Gasteiger partial charge in [-0.25, -0.2) is 23.9 Å². The highest BCUT2D eigenvalue weighted by Gasteiger charge is 2.50. The van der Waals surface area contributed by atoms with Gasteiger partial charge >= 0.3 is 13.9 Å². The summed E-state index contributed by atoms with van der Waals surface area (Å²) in [6, 6.07) is 0. The highest BCUT2D eigenvalue weighted by Crippen LogP contribution is 2.51. The zero-order chi connectivity index (χ0) is 31.3. The number of ether oxygens (including phenoxy) is 2. The Kier molecular flexibility index (Phi) is 8.67. The third-order valence-corrected chi connectivity index (χ3v) is 9.23. The van der Waals surface area contributed by atoms with E-state index >= 15 is 4.39 Å². The number of imidazole rings is 2. The zero-order valence-electron chi connectivity index (χ0n) is 22.1. The minimum absolute atomic E-state index is 0.0616. The minimum atomic E-state index is -4.27. The first-order valence-electron chi connectivity index (χ1n) is 12.7. The van der Waals surface area contributed by atoms with Gasteiger partial charge in [-0.1, -0.05) is 0 Å². The molecule has 2 aliphatic heterocycles. The number of alkyl halides is 1. The molecule has 24 heteroatoms. The lowest BCUT2D eigenvalue weighted by Gasteiger charge is -2.26. The first-order chi connectivity index (χ1) is 21.0. The Morgan fingerprint density at radius 1 is 1.27 bits per heavy atom. The van der Waals surface area contributed by atoms with Crippen LogP contribution in [0.2, 0.25) is 0 Å². The fourth-order valence-corrected chi connectivity index (χ4v) is 7.23. The van der Waals surface area contributed by atoms with Gasteiger partial charge in [0.25, 0.3) is 5.56 Å². The molecule has 6 heterocycles. The average molecular weight is 694 g/mol. The Labute approximate surface area is 256 Å². The van der Waals surface area contributed by atoms with E-state index in [2.05, 4.69) is 42.3 Å². The summed E-state index contributed by atoms with van der Waals surface area (Å²) in [4.78, 5) is 41.6. The molecule has 0 spiro atoms. The van der Waals surface area contributed by atoms with E-state index < -0.39 is 75.6 Å². The second kappa shape index (κ2) is 12.2. The number of nitrogens with one attached hydrogen (secondary N) is 1. The van der Waals surface area contributed by atoms with Gasteiger partial charge in [0.15, 0.2) is 35.0 Å². The van der Waals surface area contributed by atoms with Crippen molar-refractivity contribution in [2.75, 3.05) is 24.7 Å². The molecule has 0 amide bonds. The van der Waals surface area contributed by atoms with Crippen LogP contribution in [0.4, 0.5) is 16.2 Å². The normalized spacial score (nSPS) is 29.0. The van der Waals surface area contributed by atoms with Gasteiger partial charge in [-0.2, -0.15) is 10.1 Å². The standard InChI is InChI=1S/C20H23FN10O9P2S2/c21-12-10(3-32)38-19(30-6-26-13-16(30)28-20(23)29-18(13)33)14(12)40-42(35,44)36-4-11-9(39-41(34)43)1-8(37-11)7-2-24-17-15(22)25-5-27-31(7)17/h2,5-6,8-12,14,19,32H,1,3-4H2,(H6-,22,23,25,27,28,29,33,34,35,43,44)/p+1. The molecular weight excluding hydrogens is 669 g/mol. The first kappa shape index (κ1) is 31.2. The molecule has 0 saturated carbocycles. The van der Waals surface area contributed by atoms with Crippen LogP contribution < -0.4 is 17.0 Å². The number of halogens is 1. The molecule has 9 unspecified atom stereocenters. The summed E-state index contributed by atoms with van der Waals surface area (Å²) in [6.45, 7) is -5.44. The number of fused-ring (bicyclic) bond motifs is 2. The van der Waals surface area contributed by atoms with Gasteiger partial charge in [-0.3, -0.25) is 18.9 Å². The van der Waals surface area contributed by atoms with Gasteiger partial charge in [0.1, 0.15) is 49.1 Å². The number of nitrogen functional groups attached to an aromatic ring is 2. The van der Waals surface area contributed by atoms with Gasteiger partial charge < -0.3 is 35.5 Å². The van der Waals surface area contributed by atoms with Crippen molar-refractivity contribution in [1.82, 2.24) is 39.1 Å². The number of aromatic nitrogens is 8. The maximum absolute atomic E-state index is 15.4. The molecule has 0 aliphatic carbocycles. The number of hydrogen-bond acceptors (Lipinski definition) is 16. The third kappa shape index (κ3) is 5.95. The molecule has 19 nitrogen and oxygen atoms in total. The Morgan fingerprint density at radius 3 is 2.82 bits per heavy atom. The lowest BCUT2D eigenvalue weighted by molar-refractivity contribution is -0.0502. The maximum Gasteiger partial charge on any atom is 0.582 e. The van der Waals surface area contributed by atoms with Crippen LogP contribution in [0.25, 0.3) is 16.8 Å². The third-order valence-electron chi connectivity index (χ3n) is 6.94. The molecule has 6 rings (SSSR count). The number of hydrogen-bond donors (Lipinski definition) is 6. The largest absolute Gasteiger partial charge is 0.582 e. The fraction of sp³-hybridized carbons (Fsp3) is 0.500. The van der Waals surface area contributed by atoms with Crippen LogP contribution in [0.5, 0.6) is 0 Å². The number of nitrogens with zero attached hydrogens (tertiary/aromatic N) is 7. The highest BCUT2D eigenvalue weighted by atomic mass is 32.7. The molecule has 2 aliphatic rings. The number of thiol groups is 1. The first-order valence-corrected chi connectivity index (χ1v) is 17.6. The second-order valence-electron chi connectivity index (χ2n) is 9.65. The van der Waals surface area contributed by atoms with E-state index in [-0.39, 0.29) is 29.4 Å². The lowest BCUT2D eigenvalue weighted by Crippen LogP contribution is -2.32. The lowest BCUT2D eigenvalue weighted by atomic mass is 10.1. The van der Waals surface area contributed by atoms with E-state index in [1.165, 1.54) is 21.6 Å². The van der Waals surface area contributed by atoms with Gasteiger partial charge in [0.2, 0.25) is 5.95 Å². The van der Waals surface area contributed by atoms with Crippen LogP contribution in [-0.4, -0.2) is 92.9 Å². The van der Waals surface area contributed by atoms with E-state index in [1.54, 1.807) is 0 Å². The fourth-order valence-electron chi connectivity index (χ4n) is 5.01. The summed E-state index contributed by atoms with van der Waals surface area (Å²) in [5.41, 5.74) is 11.5. The van der Waals surface area contributed by atoms with Crippen LogP contribution in [0, 0.1) is 0 Å². The van der Waals surface area contributed by atoms with E-state index in [1.807, 2.05) is 0 Å². The maximum atomic E-state index is 15.4. The van der Waals surface area contributed by atoms with Crippen LogP contribution in [0.1, 0.15) is 24.4 Å². The minimum Gasteiger partial charge on any atom is -0.394 e. The smallest absolute Gasteiger partial charge is 0.394 e. The summed E-state index contributed by atoms with van der Waals surface area (Å²) in [5, 5.41) is 13.8. The summed E-state index contributed by atoms with van der Waals surface area (Å²) < 4.78 is 58.1. The van der Waals surface area contributed by atoms with E-state index in [0.717, 1.165) is 6.33 Å². The number of aliphatic hydroxyl groups excluding tert-OH is 1. The Morgan fingerprint density at radius 2 is 2.07 bits per heavy atom. The zero-order valence-corrected chi connectivity index (χ0v) is 25.6. The second-order valence-corrected chi connectivity index (χ2v) is 14.1. The van der Waals surface area contributed by atoms with Crippen molar-refractivity contribution in [2.45, 2.75) is 49.3 Å². The average Bonchev–Trinajstić information content (AvgIpc) is 3.73. The molecule has 0 radical (unpaired) electrons. The highest BCUT2D eigenvalue weighted by molar-refractivity contribution is 8.39. The number of aromatic amines is 1. The number of aliphatic hydroxyl groups is 1. The van der Waals surface area contributed by atoms with Crippen LogP contribution in [0.3, 0.4) is 0 Å². The predicted molar refractivity (Wildman–Crippen MR) is 155 cm³/mol. The molecule has 7 N–H and O–H groups in total. The van der Waals surface area contributed by atoms with Gasteiger partial charge in [-0.05, 0) is 16.4 Å². The van der Waals surface area contributed by atoms with Crippen molar-refractivity contribution in [2.24, 2.45) is 0 Å². The van der Waals surface area contributed by atoms with Crippen LogP contribution in [-0.2, 0) is 39.4 Å². The molecule has 236 valence electrons. The molecule has 0 aromatic carbocycles. The van der Waals surface area contributed by atoms with Crippen molar-refractivity contribution in [3.8, 4) is 0 Å². The molecule has 4 aromatic heterocycles. The van der Waals surface area contributed by atoms with Crippen molar-refractivity contribution in [3.63, 3.8) is 0 Å². The topological polar surface area (TPSA) is 262 Å². The monoisotopic (exact) mass is 693 g/mol. The van der Waals surface area contributed by atoms with Crippen LogP contribution >= 0.6 is 26.2 Å². The molecule has 9 atom stereocenters. The van der Waals surface area contributed by atoms with E-state index in [4.69, 9.17) is 46.3 Å². The number of nitrogens with two attached hydrogens (primary N) is 2.